The molecular formula is C27H29N3O2. The number of hydrogen-bond acceptors (Lipinski definition) is 4. The van der Waals surface area contributed by atoms with Gasteiger partial charge in [0.15, 0.2) is 0 Å². The lowest BCUT2D eigenvalue weighted by Crippen LogP contribution is -2.32. The summed E-state index contributed by atoms with van der Waals surface area (Å²) >= 11 is 0. The zero-order valence-electron chi connectivity index (χ0n) is 18.4. The molecule has 32 heavy (non-hydrogen) atoms. The summed E-state index contributed by atoms with van der Waals surface area (Å²) in [4.78, 5) is 21.6. The maximum atomic E-state index is 12.9. The van der Waals surface area contributed by atoms with Gasteiger partial charge in [-0.15, -0.1) is 0 Å². The summed E-state index contributed by atoms with van der Waals surface area (Å²) in [7, 11) is 0. The Balaban J connectivity index is 1.24. The molecule has 5 nitrogen and oxygen atoms in total. The van der Waals surface area contributed by atoms with Crippen molar-refractivity contribution >= 4 is 5.91 Å². The van der Waals surface area contributed by atoms with Crippen LogP contribution in [-0.4, -0.2) is 40.4 Å². The van der Waals surface area contributed by atoms with E-state index in [1.165, 1.54) is 16.7 Å². The van der Waals surface area contributed by atoms with Crippen LogP contribution in [0.25, 0.3) is 0 Å². The predicted molar refractivity (Wildman–Crippen MR) is 124 cm³/mol. The topological polar surface area (TPSA) is 45.7 Å². The van der Waals surface area contributed by atoms with Crippen molar-refractivity contribution in [1.82, 2.24) is 14.8 Å². The van der Waals surface area contributed by atoms with Crippen molar-refractivity contribution in [2.75, 3.05) is 19.7 Å². The molecule has 2 aromatic carbocycles. The van der Waals surface area contributed by atoms with E-state index in [2.05, 4.69) is 52.3 Å². The molecule has 0 aliphatic carbocycles. The van der Waals surface area contributed by atoms with Crippen LogP contribution < -0.4 is 4.74 Å². The average molecular weight is 428 g/mol. The fraction of sp³-hybridized carbons (Fsp3) is 0.333. The summed E-state index contributed by atoms with van der Waals surface area (Å²) in [6.07, 6.45) is 4.01. The third kappa shape index (κ3) is 4.83. The van der Waals surface area contributed by atoms with Crippen LogP contribution in [0.15, 0.2) is 66.9 Å². The number of hydrogen-bond donors (Lipinski definition) is 0. The second-order valence-electron chi connectivity index (χ2n) is 8.66. The molecule has 1 aromatic heterocycles. The number of aryl methyl sites for hydroxylation is 1. The lowest BCUT2D eigenvalue weighted by Gasteiger charge is -2.29. The van der Waals surface area contributed by atoms with Crippen LogP contribution in [0, 0.1) is 0 Å². The van der Waals surface area contributed by atoms with Crippen molar-refractivity contribution in [3.05, 3.63) is 94.8 Å². The van der Waals surface area contributed by atoms with Gasteiger partial charge in [-0.3, -0.25) is 14.7 Å². The first-order valence-electron chi connectivity index (χ1n) is 11.5. The Kier molecular flexibility index (Phi) is 6.17. The van der Waals surface area contributed by atoms with Gasteiger partial charge in [-0.05, 0) is 53.8 Å². The molecule has 164 valence electrons. The molecule has 0 N–H and O–H groups in total. The van der Waals surface area contributed by atoms with E-state index in [0.717, 1.165) is 43.1 Å². The molecule has 2 aliphatic rings. The van der Waals surface area contributed by atoms with E-state index in [1.54, 1.807) is 6.20 Å². The van der Waals surface area contributed by atoms with Crippen LogP contribution in [-0.2, 0) is 37.3 Å². The Morgan fingerprint density at radius 2 is 1.81 bits per heavy atom. The van der Waals surface area contributed by atoms with Gasteiger partial charge in [-0.1, -0.05) is 36.4 Å². The van der Waals surface area contributed by atoms with E-state index in [9.17, 15) is 4.79 Å². The summed E-state index contributed by atoms with van der Waals surface area (Å²) in [5, 5.41) is 0. The van der Waals surface area contributed by atoms with E-state index in [4.69, 9.17) is 4.74 Å². The molecule has 0 radical (unpaired) electrons. The molecule has 0 atom stereocenters. The number of aromatic nitrogens is 1. The Morgan fingerprint density at radius 1 is 0.938 bits per heavy atom. The number of pyridine rings is 1. The highest BCUT2D eigenvalue weighted by Crippen LogP contribution is 2.27. The van der Waals surface area contributed by atoms with Crippen molar-refractivity contribution in [1.29, 1.82) is 0 Å². The van der Waals surface area contributed by atoms with E-state index < -0.39 is 0 Å². The van der Waals surface area contributed by atoms with Gasteiger partial charge in [0.1, 0.15) is 12.4 Å². The van der Waals surface area contributed by atoms with Crippen LogP contribution in [0.5, 0.6) is 5.75 Å². The predicted octanol–water partition coefficient (Wildman–Crippen LogP) is 3.99. The normalized spacial score (nSPS) is 15.9. The van der Waals surface area contributed by atoms with Crippen molar-refractivity contribution in [2.45, 2.75) is 38.9 Å². The van der Waals surface area contributed by atoms with Crippen LogP contribution in [0.1, 0.15) is 34.4 Å². The van der Waals surface area contributed by atoms with Crippen molar-refractivity contribution in [3.8, 4) is 5.75 Å². The zero-order chi connectivity index (χ0) is 21.8. The Labute approximate surface area is 189 Å². The highest BCUT2D eigenvalue weighted by Gasteiger charge is 2.21. The fourth-order valence-corrected chi connectivity index (χ4v) is 4.65. The smallest absolute Gasteiger partial charge is 0.223 e. The minimum atomic E-state index is 0.158. The number of amides is 1. The van der Waals surface area contributed by atoms with Crippen LogP contribution in [0.3, 0.4) is 0 Å². The number of fused-ring (bicyclic) bond motifs is 2. The first-order chi connectivity index (χ1) is 15.7. The molecule has 0 saturated carbocycles. The maximum Gasteiger partial charge on any atom is 0.223 e. The molecule has 0 spiro atoms. The highest BCUT2D eigenvalue weighted by molar-refractivity contribution is 5.76. The number of carbonyl (C=O) groups is 1. The summed E-state index contributed by atoms with van der Waals surface area (Å²) in [6.45, 7) is 4.73. The standard InChI is InChI=1S/C27H29N3O2/c31-27(11-9-25-7-3-4-13-28-25)30-15-16-32-26-10-8-21(17-24(26)20-30)18-29-14-12-22-5-1-2-6-23(22)19-29/h1-8,10,13,17H,9,11-12,14-16,18-20H2. The van der Waals surface area contributed by atoms with Gasteiger partial charge in [-0.25, -0.2) is 0 Å². The number of nitrogens with zero attached hydrogens (tertiary/aromatic N) is 3. The molecule has 0 saturated heterocycles. The fourth-order valence-electron chi connectivity index (χ4n) is 4.65. The molecule has 0 fully saturated rings. The van der Waals surface area contributed by atoms with Gasteiger partial charge in [0, 0.05) is 50.1 Å². The molecule has 5 heteroatoms. The molecule has 0 unspecified atom stereocenters. The number of carbonyl (C=O) groups excluding carboxylic acids is 1. The largest absolute Gasteiger partial charge is 0.491 e. The lowest BCUT2D eigenvalue weighted by atomic mass is 9.99. The molecule has 5 rings (SSSR count). The van der Waals surface area contributed by atoms with Crippen molar-refractivity contribution in [3.63, 3.8) is 0 Å². The van der Waals surface area contributed by atoms with E-state index >= 15 is 0 Å². The third-order valence-electron chi connectivity index (χ3n) is 6.39. The van der Waals surface area contributed by atoms with Gasteiger partial charge in [0.2, 0.25) is 5.91 Å². The van der Waals surface area contributed by atoms with Crippen molar-refractivity contribution in [2.24, 2.45) is 0 Å². The van der Waals surface area contributed by atoms with Gasteiger partial charge < -0.3 is 9.64 Å². The van der Waals surface area contributed by atoms with E-state index in [-0.39, 0.29) is 5.91 Å². The minimum absolute atomic E-state index is 0.158. The van der Waals surface area contributed by atoms with Gasteiger partial charge in [0.05, 0.1) is 6.54 Å². The first-order valence-corrected chi connectivity index (χ1v) is 11.5. The molecule has 1 amide bonds. The van der Waals surface area contributed by atoms with Gasteiger partial charge >= 0.3 is 0 Å². The second-order valence-corrected chi connectivity index (χ2v) is 8.66. The van der Waals surface area contributed by atoms with Crippen LogP contribution >= 0.6 is 0 Å². The zero-order valence-corrected chi connectivity index (χ0v) is 18.4. The summed E-state index contributed by atoms with van der Waals surface area (Å²) in [5.74, 6) is 1.06. The maximum absolute atomic E-state index is 12.9. The molecule has 3 heterocycles. The lowest BCUT2D eigenvalue weighted by molar-refractivity contribution is -0.131. The number of ether oxygens (including phenoxy) is 1. The average Bonchev–Trinajstić information content (AvgIpc) is 3.05. The Hall–Kier alpha value is -3.18. The van der Waals surface area contributed by atoms with Gasteiger partial charge in [0.25, 0.3) is 0 Å². The van der Waals surface area contributed by atoms with Crippen molar-refractivity contribution < 1.29 is 9.53 Å². The second kappa shape index (κ2) is 9.53. The molecular weight excluding hydrogens is 398 g/mol. The SMILES string of the molecule is O=C(CCc1ccccn1)N1CCOc2ccc(CN3CCc4ccccc4C3)cc2C1. The summed E-state index contributed by atoms with van der Waals surface area (Å²) < 4.78 is 5.96. The van der Waals surface area contributed by atoms with Gasteiger partial charge in [-0.2, -0.15) is 0 Å². The Bertz CT molecular complexity index is 1080. The van der Waals surface area contributed by atoms with Crippen LogP contribution in [0.4, 0.5) is 0 Å². The molecule has 3 aromatic rings. The summed E-state index contributed by atoms with van der Waals surface area (Å²) in [6, 6.07) is 21.0. The minimum Gasteiger partial charge on any atom is -0.491 e. The molecule has 2 aliphatic heterocycles. The Morgan fingerprint density at radius 3 is 2.69 bits per heavy atom. The van der Waals surface area contributed by atoms with E-state index in [0.29, 0.717) is 32.5 Å². The monoisotopic (exact) mass is 427 g/mol. The quantitative estimate of drug-likeness (QED) is 0.618. The third-order valence-corrected chi connectivity index (χ3v) is 6.39. The molecule has 0 bridgehead atoms. The number of rotatable bonds is 5. The first kappa shape index (κ1) is 20.7. The number of benzene rings is 2. The van der Waals surface area contributed by atoms with E-state index in [1.807, 2.05) is 23.1 Å². The van der Waals surface area contributed by atoms with Crippen LogP contribution in [0.2, 0.25) is 0 Å². The highest BCUT2D eigenvalue weighted by atomic mass is 16.5. The summed E-state index contributed by atoms with van der Waals surface area (Å²) in [5.41, 5.74) is 6.23.